The summed E-state index contributed by atoms with van der Waals surface area (Å²) in [5.41, 5.74) is 3.59. The molecule has 122 valence electrons. The third kappa shape index (κ3) is 4.03. The number of nitriles is 1. The third-order valence-electron chi connectivity index (χ3n) is 4.79. The molecule has 0 spiro atoms. The molecule has 0 saturated carbocycles. The lowest BCUT2D eigenvalue weighted by atomic mass is 9.93. The molecule has 0 amide bonds. The van der Waals surface area contributed by atoms with Crippen molar-refractivity contribution in [2.75, 3.05) is 13.1 Å². The summed E-state index contributed by atoms with van der Waals surface area (Å²) >= 11 is 0. The van der Waals surface area contributed by atoms with E-state index in [-0.39, 0.29) is 22.5 Å². The van der Waals surface area contributed by atoms with Gasteiger partial charge < -0.3 is 21.9 Å². The van der Waals surface area contributed by atoms with Crippen LogP contribution < -0.4 is 17.0 Å². The van der Waals surface area contributed by atoms with Crippen molar-refractivity contribution in [3.63, 3.8) is 0 Å². The maximum atomic E-state index is 8.89. The second-order valence-electron chi connectivity index (χ2n) is 6.93. The minimum Gasteiger partial charge on any atom is -1.00 e. The van der Waals surface area contributed by atoms with E-state index >= 15 is 0 Å². The first kappa shape index (κ1) is 17.7. The Morgan fingerprint density at radius 2 is 1.83 bits per heavy atom. The van der Waals surface area contributed by atoms with Gasteiger partial charge in [-0.1, -0.05) is 12.1 Å². The monoisotopic (exact) mass is 373 g/mol. The largest absolute Gasteiger partial charge is 1.00 e. The van der Waals surface area contributed by atoms with E-state index < -0.39 is 0 Å². The molecule has 2 heterocycles. The molecule has 1 aromatic carbocycles. The van der Waals surface area contributed by atoms with Crippen molar-refractivity contribution < 1.29 is 21.6 Å². The van der Waals surface area contributed by atoms with Gasteiger partial charge in [0.15, 0.2) is 18.3 Å². The molecule has 3 rings (SSSR count). The van der Waals surface area contributed by atoms with Crippen LogP contribution in [0.5, 0.6) is 0 Å². The van der Waals surface area contributed by atoms with E-state index in [1.54, 1.807) is 0 Å². The average Bonchev–Trinajstić information content (AvgIpc) is 3.04. The van der Waals surface area contributed by atoms with Crippen molar-refractivity contribution in [3.05, 3.63) is 47.2 Å². The minimum absolute atomic E-state index is 0. The molecule has 3 nitrogen and oxygen atoms in total. The van der Waals surface area contributed by atoms with E-state index in [0.29, 0.717) is 0 Å². The maximum Gasteiger partial charge on any atom is 0.168 e. The molecule has 0 aromatic heterocycles. The Kier molecular flexibility index (Phi) is 5.64. The molecule has 0 aliphatic carbocycles. The van der Waals surface area contributed by atoms with Crippen LogP contribution in [0.25, 0.3) is 0 Å². The highest BCUT2D eigenvalue weighted by molar-refractivity contribution is 5.68. The number of likely N-dealkylation sites (tertiary alicyclic amines) is 1. The minimum atomic E-state index is 0. The predicted octanol–water partition coefficient (Wildman–Crippen LogP) is 0.308. The summed E-state index contributed by atoms with van der Waals surface area (Å²) in [6, 6.07) is 10.1. The Bertz CT molecular complexity index is 644. The molecule has 0 unspecified atom stereocenters. The van der Waals surface area contributed by atoms with Gasteiger partial charge in [0.25, 0.3) is 0 Å². The summed E-state index contributed by atoms with van der Waals surface area (Å²) in [7, 11) is 0. The summed E-state index contributed by atoms with van der Waals surface area (Å²) in [5.74, 6) is 0. The smallest absolute Gasteiger partial charge is 0.168 e. The number of hydrogen-bond donors (Lipinski definition) is 0. The summed E-state index contributed by atoms with van der Waals surface area (Å²) in [6.45, 7) is 7.95. The van der Waals surface area contributed by atoms with Gasteiger partial charge in [-0.25, -0.2) is 4.58 Å². The second-order valence-corrected chi connectivity index (χ2v) is 6.93. The Morgan fingerprint density at radius 3 is 2.39 bits per heavy atom. The number of hydrogen-bond acceptors (Lipinski definition) is 2. The van der Waals surface area contributed by atoms with Crippen LogP contribution in [-0.2, 0) is 6.54 Å². The van der Waals surface area contributed by atoms with Gasteiger partial charge in [0.1, 0.15) is 0 Å². The topological polar surface area (TPSA) is 30.0 Å². The summed E-state index contributed by atoms with van der Waals surface area (Å²) in [5, 5.41) is 8.89. The van der Waals surface area contributed by atoms with Gasteiger partial charge in [-0.2, -0.15) is 5.26 Å². The number of benzene rings is 1. The van der Waals surface area contributed by atoms with Crippen LogP contribution in [0, 0.1) is 11.3 Å². The molecular weight excluding hydrogens is 350 g/mol. The molecule has 1 aromatic rings. The Morgan fingerprint density at radius 1 is 1.17 bits per heavy atom. The molecule has 0 atom stereocenters. The van der Waals surface area contributed by atoms with Crippen LogP contribution >= 0.6 is 0 Å². The van der Waals surface area contributed by atoms with E-state index in [2.05, 4.69) is 53.8 Å². The molecule has 1 fully saturated rings. The van der Waals surface area contributed by atoms with Crippen LogP contribution in [0.3, 0.4) is 0 Å². The van der Waals surface area contributed by atoms with E-state index in [1.165, 1.54) is 37.2 Å². The summed E-state index contributed by atoms with van der Waals surface area (Å²) in [6.07, 6.45) is 8.29. The van der Waals surface area contributed by atoms with Crippen molar-refractivity contribution in [3.8, 4) is 6.07 Å². The van der Waals surface area contributed by atoms with E-state index in [4.69, 9.17) is 5.26 Å². The normalized spacial score (nSPS) is 19.4. The Labute approximate surface area is 149 Å². The van der Waals surface area contributed by atoms with Crippen LogP contribution in [0.1, 0.15) is 44.2 Å². The standard InChI is InChI=1S/C19H24N3.BrH/c1-19(2)13-18(21-10-3-4-11-21)9-12-22(19)15-17-7-5-16(14-20)6-8-17;/h5-9,12H,3-4,10-11,13,15H2,1-2H3;1H/q+1;/p-1. The first-order chi connectivity index (χ1) is 10.6. The zero-order valence-electron chi connectivity index (χ0n) is 13.9. The fraction of sp³-hybridized carbons (Fsp3) is 0.474. The van der Waals surface area contributed by atoms with Crippen LogP contribution in [0.2, 0.25) is 0 Å². The number of nitrogens with zero attached hydrogens (tertiary/aromatic N) is 3. The molecule has 2 aliphatic heterocycles. The predicted molar refractivity (Wildman–Crippen MR) is 88.8 cm³/mol. The van der Waals surface area contributed by atoms with Crippen molar-refractivity contribution in [1.29, 1.82) is 5.26 Å². The first-order valence-electron chi connectivity index (χ1n) is 8.13. The fourth-order valence-electron chi connectivity index (χ4n) is 3.35. The SMILES string of the molecule is CC1(C)CC(N2CCCC2)=CC=[N+]1Cc1ccc(C#N)cc1.[Br-]. The maximum absolute atomic E-state index is 8.89. The number of rotatable bonds is 3. The molecule has 4 heteroatoms. The Balaban J connectivity index is 0.00000192. The average molecular weight is 374 g/mol. The van der Waals surface area contributed by atoms with Gasteiger partial charge >= 0.3 is 0 Å². The summed E-state index contributed by atoms with van der Waals surface area (Å²) in [4.78, 5) is 2.54. The second kappa shape index (κ2) is 7.31. The lowest BCUT2D eigenvalue weighted by molar-refractivity contribution is -0.612. The highest BCUT2D eigenvalue weighted by Gasteiger charge is 2.35. The molecule has 0 radical (unpaired) electrons. The van der Waals surface area contributed by atoms with Gasteiger partial charge in [-0.3, -0.25) is 0 Å². The van der Waals surface area contributed by atoms with E-state index in [1.807, 2.05) is 12.1 Å². The molecule has 0 N–H and O–H groups in total. The van der Waals surface area contributed by atoms with Gasteiger partial charge in [-0.05, 0) is 25.0 Å². The van der Waals surface area contributed by atoms with Gasteiger partial charge in [0.05, 0.1) is 18.1 Å². The number of allylic oxidation sites excluding steroid dienone is 1. The van der Waals surface area contributed by atoms with Gasteiger partial charge in [0, 0.05) is 44.3 Å². The van der Waals surface area contributed by atoms with Crippen molar-refractivity contribution >= 4 is 6.21 Å². The number of halogens is 1. The highest BCUT2D eigenvalue weighted by Crippen LogP contribution is 2.28. The molecular formula is C19H24BrN3. The lowest BCUT2D eigenvalue weighted by Gasteiger charge is -2.31. The lowest BCUT2D eigenvalue weighted by Crippen LogP contribution is -3.00. The van der Waals surface area contributed by atoms with E-state index in [9.17, 15) is 0 Å². The van der Waals surface area contributed by atoms with Crippen molar-refractivity contribution in [2.24, 2.45) is 0 Å². The summed E-state index contributed by atoms with van der Waals surface area (Å²) < 4.78 is 2.41. The molecule has 23 heavy (non-hydrogen) atoms. The molecule has 1 saturated heterocycles. The zero-order chi connectivity index (χ0) is 15.6. The third-order valence-corrected chi connectivity index (χ3v) is 4.79. The molecule has 0 bridgehead atoms. The zero-order valence-corrected chi connectivity index (χ0v) is 15.5. The van der Waals surface area contributed by atoms with Crippen molar-refractivity contribution in [1.82, 2.24) is 4.90 Å². The quantitative estimate of drug-likeness (QED) is 0.713. The van der Waals surface area contributed by atoms with Crippen LogP contribution in [0.4, 0.5) is 0 Å². The Hall–Kier alpha value is -1.60. The van der Waals surface area contributed by atoms with Crippen molar-refractivity contribution in [2.45, 2.75) is 45.2 Å². The van der Waals surface area contributed by atoms with E-state index in [0.717, 1.165) is 18.5 Å². The highest BCUT2D eigenvalue weighted by atomic mass is 79.9. The van der Waals surface area contributed by atoms with Gasteiger partial charge in [0.2, 0.25) is 0 Å². The fourth-order valence-corrected chi connectivity index (χ4v) is 3.35. The van der Waals surface area contributed by atoms with Crippen LogP contribution in [0.15, 0.2) is 36.0 Å². The van der Waals surface area contributed by atoms with Gasteiger partial charge in [-0.15, -0.1) is 0 Å². The first-order valence-corrected chi connectivity index (χ1v) is 8.13. The molecule has 2 aliphatic rings. The van der Waals surface area contributed by atoms with Crippen LogP contribution in [-0.4, -0.2) is 34.3 Å².